The minimum atomic E-state index is -4.27. The van der Waals surface area contributed by atoms with Crippen LogP contribution in [0.4, 0.5) is 19.1 Å². The second kappa shape index (κ2) is 5.74. The number of nitrogens with one attached hydrogen (secondary N) is 1. The first-order chi connectivity index (χ1) is 9.77. The number of rotatable bonds is 3. The van der Waals surface area contributed by atoms with Crippen LogP contribution in [-0.2, 0) is 0 Å². The van der Waals surface area contributed by atoms with E-state index >= 15 is 0 Å². The summed E-state index contributed by atoms with van der Waals surface area (Å²) in [5, 5.41) is 12.9. The van der Waals surface area contributed by atoms with Crippen molar-refractivity contribution >= 4 is 11.8 Å². The van der Waals surface area contributed by atoms with Crippen molar-refractivity contribution < 1.29 is 27.3 Å². The van der Waals surface area contributed by atoms with Crippen LogP contribution in [-0.4, -0.2) is 23.0 Å². The monoisotopic (exact) mass is 306 g/mol. The number of carbonyl (C=O) groups is 1. The van der Waals surface area contributed by atoms with Gasteiger partial charge in [-0.3, -0.25) is 14.9 Å². The molecule has 9 heteroatoms. The van der Waals surface area contributed by atoms with Crippen LogP contribution in [0.3, 0.4) is 0 Å². The molecule has 21 heavy (non-hydrogen) atoms. The van der Waals surface area contributed by atoms with Gasteiger partial charge >= 0.3 is 12.1 Å². The number of amides is 1. The summed E-state index contributed by atoms with van der Waals surface area (Å²) < 4.78 is 42.7. The number of hydrogen-bond acceptors (Lipinski definition) is 4. The van der Waals surface area contributed by atoms with E-state index in [1.807, 2.05) is 0 Å². The van der Waals surface area contributed by atoms with E-state index in [0.29, 0.717) is 12.8 Å². The maximum Gasteiger partial charge on any atom is 0.433 e. The molecule has 2 rings (SSSR count). The molecule has 1 aliphatic carbocycles. The van der Waals surface area contributed by atoms with Crippen molar-refractivity contribution in [2.24, 2.45) is 5.92 Å². The van der Waals surface area contributed by atoms with Crippen LogP contribution < -0.4 is 5.32 Å². The predicted molar refractivity (Wildman–Crippen MR) is 64.6 cm³/mol. The standard InChI is InChI=1S/C12H13F3N2O4/c13-12(14,15)7-2-1-3-8(6-7)16-11(18)9-4-5-10(21-9)17(19)20/h4-5,7-8H,1-3,6H2,(H,16,18)/t7-,8-/m1/s1. The van der Waals surface area contributed by atoms with Crippen molar-refractivity contribution in [3.05, 3.63) is 28.0 Å². The fourth-order valence-corrected chi connectivity index (χ4v) is 2.42. The summed E-state index contributed by atoms with van der Waals surface area (Å²) >= 11 is 0. The number of nitrogens with zero attached hydrogens (tertiary/aromatic N) is 1. The maximum absolute atomic E-state index is 12.7. The Labute approximate surface area is 117 Å². The van der Waals surface area contributed by atoms with Crippen LogP contribution >= 0.6 is 0 Å². The van der Waals surface area contributed by atoms with Gasteiger partial charge in [-0.15, -0.1) is 0 Å². The molecule has 1 N–H and O–H groups in total. The van der Waals surface area contributed by atoms with Gasteiger partial charge in [0.15, 0.2) is 5.76 Å². The Morgan fingerprint density at radius 2 is 2.10 bits per heavy atom. The van der Waals surface area contributed by atoms with E-state index in [2.05, 4.69) is 5.32 Å². The van der Waals surface area contributed by atoms with Crippen molar-refractivity contribution in [2.75, 3.05) is 0 Å². The van der Waals surface area contributed by atoms with Gasteiger partial charge in [0.25, 0.3) is 5.91 Å². The lowest BCUT2D eigenvalue weighted by Gasteiger charge is -2.30. The maximum atomic E-state index is 12.7. The number of alkyl halides is 3. The number of halogens is 3. The van der Waals surface area contributed by atoms with Crippen LogP contribution in [0, 0.1) is 16.0 Å². The first-order valence-electron chi connectivity index (χ1n) is 6.39. The quantitative estimate of drug-likeness (QED) is 0.687. The molecule has 1 heterocycles. The third-order valence-electron chi connectivity index (χ3n) is 3.47. The molecule has 1 aliphatic rings. The molecule has 0 bridgehead atoms. The van der Waals surface area contributed by atoms with Gasteiger partial charge < -0.3 is 9.73 Å². The minimum Gasteiger partial charge on any atom is -0.395 e. The van der Waals surface area contributed by atoms with Gasteiger partial charge in [-0.05, 0) is 25.3 Å². The fourth-order valence-electron chi connectivity index (χ4n) is 2.42. The molecule has 1 amide bonds. The SMILES string of the molecule is O=C(N[C@@H]1CCC[C@@H](C(F)(F)F)C1)c1ccc([N+](=O)[O-])o1. The normalized spacial score (nSPS) is 22.8. The molecule has 2 atom stereocenters. The lowest BCUT2D eigenvalue weighted by atomic mass is 9.85. The Morgan fingerprint density at radius 1 is 1.38 bits per heavy atom. The average Bonchev–Trinajstić information content (AvgIpc) is 2.88. The summed E-state index contributed by atoms with van der Waals surface area (Å²) in [6.45, 7) is 0. The summed E-state index contributed by atoms with van der Waals surface area (Å²) in [6.07, 6.45) is -3.58. The van der Waals surface area contributed by atoms with Gasteiger partial charge in [-0.25, -0.2) is 0 Å². The highest BCUT2D eigenvalue weighted by atomic mass is 19.4. The molecule has 1 saturated carbocycles. The highest BCUT2D eigenvalue weighted by Gasteiger charge is 2.42. The number of furan rings is 1. The van der Waals surface area contributed by atoms with E-state index in [4.69, 9.17) is 4.42 Å². The molecule has 1 aromatic rings. The van der Waals surface area contributed by atoms with Crippen LogP contribution in [0.5, 0.6) is 0 Å². The second-order valence-electron chi connectivity index (χ2n) is 4.97. The van der Waals surface area contributed by atoms with E-state index in [-0.39, 0.29) is 18.6 Å². The van der Waals surface area contributed by atoms with Crippen molar-refractivity contribution in [2.45, 2.75) is 37.9 Å². The zero-order valence-electron chi connectivity index (χ0n) is 10.9. The Morgan fingerprint density at radius 3 is 2.67 bits per heavy atom. The number of nitro groups is 1. The lowest BCUT2D eigenvalue weighted by Crippen LogP contribution is -2.41. The largest absolute Gasteiger partial charge is 0.433 e. The third kappa shape index (κ3) is 3.73. The van der Waals surface area contributed by atoms with E-state index < -0.39 is 34.9 Å². The first-order valence-corrected chi connectivity index (χ1v) is 6.39. The highest BCUT2D eigenvalue weighted by molar-refractivity contribution is 5.91. The molecule has 0 spiro atoms. The van der Waals surface area contributed by atoms with Crippen LogP contribution in [0.25, 0.3) is 0 Å². The molecule has 116 valence electrons. The van der Waals surface area contributed by atoms with Crippen molar-refractivity contribution in [1.29, 1.82) is 0 Å². The fraction of sp³-hybridized carbons (Fsp3) is 0.583. The molecule has 1 aromatic heterocycles. The second-order valence-corrected chi connectivity index (χ2v) is 4.97. The molecule has 0 aliphatic heterocycles. The lowest BCUT2D eigenvalue weighted by molar-refractivity contribution is -0.402. The molecule has 0 radical (unpaired) electrons. The van der Waals surface area contributed by atoms with Gasteiger partial charge in [-0.2, -0.15) is 13.2 Å². The molecule has 0 saturated heterocycles. The van der Waals surface area contributed by atoms with Gasteiger partial charge in [0.05, 0.1) is 12.0 Å². The van der Waals surface area contributed by atoms with Crippen molar-refractivity contribution in [3.63, 3.8) is 0 Å². The van der Waals surface area contributed by atoms with E-state index in [0.717, 1.165) is 12.1 Å². The summed E-state index contributed by atoms with van der Waals surface area (Å²) in [5.74, 6) is -3.04. The van der Waals surface area contributed by atoms with Crippen LogP contribution in [0.1, 0.15) is 36.2 Å². The minimum absolute atomic E-state index is 0.0576. The summed E-state index contributed by atoms with van der Waals surface area (Å²) in [7, 11) is 0. The van der Waals surface area contributed by atoms with E-state index in [9.17, 15) is 28.1 Å². The topological polar surface area (TPSA) is 85.4 Å². The Balaban J connectivity index is 1.97. The molecule has 0 aromatic carbocycles. The molecular formula is C12H13F3N2O4. The smallest absolute Gasteiger partial charge is 0.395 e. The Hall–Kier alpha value is -2.06. The summed E-state index contributed by atoms with van der Waals surface area (Å²) in [6, 6.07) is 1.54. The number of carbonyl (C=O) groups excluding carboxylic acids is 1. The van der Waals surface area contributed by atoms with Crippen molar-refractivity contribution in [3.8, 4) is 0 Å². The first kappa shape index (κ1) is 15.3. The molecule has 1 fully saturated rings. The van der Waals surface area contributed by atoms with E-state index in [1.165, 1.54) is 0 Å². The Bertz CT molecular complexity index is 541. The summed E-state index contributed by atoms with van der Waals surface area (Å²) in [4.78, 5) is 21.4. The average molecular weight is 306 g/mol. The zero-order chi connectivity index (χ0) is 15.6. The predicted octanol–water partition coefficient (Wildman–Crippen LogP) is 3.04. The van der Waals surface area contributed by atoms with Crippen molar-refractivity contribution in [1.82, 2.24) is 5.32 Å². The van der Waals surface area contributed by atoms with Gasteiger partial charge in [-0.1, -0.05) is 6.42 Å². The highest BCUT2D eigenvalue weighted by Crippen LogP contribution is 2.37. The third-order valence-corrected chi connectivity index (χ3v) is 3.47. The van der Waals surface area contributed by atoms with Crippen LogP contribution in [0.2, 0.25) is 0 Å². The Kier molecular flexibility index (Phi) is 4.19. The van der Waals surface area contributed by atoms with E-state index in [1.54, 1.807) is 0 Å². The number of hydrogen-bond donors (Lipinski definition) is 1. The molecule has 6 nitrogen and oxygen atoms in total. The zero-order valence-corrected chi connectivity index (χ0v) is 10.9. The van der Waals surface area contributed by atoms with Gasteiger partial charge in [0.2, 0.25) is 0 Å². The molecular weight excluding hydrogens is 293 g/mol. The summed E-state index contributed by atoms with van der Waals surface area (Å²) in [5.41, 5.74) is 0. The van der Waals surface area contributed by atoms with Gasteiger partial charge in [0, 0.05) is 6.04 Å². The van der Waals surface area contributed by atoms with Gasteiger partial charge in [0.1, 0.15) is 4.92 Å². The van der Waals surface area contributed by atoms with Crippen LogP contribution in [0.15, 0.2) is 16.5 Å². The molecule has 0 unspecified atom stereocenters.